The standard InChI is InChI=1S/C16H23N3O2/c1-2-10-17-13-4-3-5-14(16(13)19(20)21)18-15(11-6-7-11)12-8-9-12/h3-5,11-12,15,17-18H,2,6-10H2,1H3. The van der Waals surface area contributed by atoms with Crippen LogP contribution in [0, 0.1) is 22.0 Å². The van der Waals surface area contributed by atoms with Crippen LogP contribution in [-0.4, -0.2) is 17.5 Å². The van der Waals surface area contributed by atoms with Crippen molar-refractivity contribution in [1.82, 2.24) is 0 Å². The van der Waals surface area contributed by atoms with Crippen molar-refractivity contribution in [3.63, 3.8) is 0 Å². The van der Waals surface area contributed by atoms with E-state index in [-0.39, 0.29) is 10.6 Å². The van der Waals surface area contributed by atoms with Gasteiger partial charge in [-0.05, 0) is 56.1 Å². The third-order valence-corrected chi connectivity index (χ3v) is 4.37. The number of hydrogen-bond donors (Lipinski definition) is 2. The summed E-state index contributed by atoms with van der Waals surface area (Å²) in [5, 5.41) is 18.1. The van der Waals surface area contributed by atoms with E-state index in [0.717, 1.165) is 13.0 Å². The molecule has 0 amide bonds. The van der Waals surface area contributed by atoms with Crippen molar-refractivity contribution >= 4 is 17.1 Å². The first kappa shape index (κ1) is 14.2. The predicted molar refractivity (Wildman–Crippen MR) is 84.7 cm³/mol. The van der Waals surface area contributed by atoms with Crippen LogP contribution in [0.5, 0.6) is 0 Å². The van der Waals surface area contributed by atoms with Gasteiger partial charge in [-0.25, -0.2) is 0 Å². The van der Waals surface area contributed by atoms with Gasteiger partial charge in [-0.1, -0.05) is 13.0 Å². The van der Waals surface area contributed by atoms with E-state index in [4.69, 9.17) is 0 Å². The molecule has 2 fully saturated rings. The highest BCUT2D eigenvalue weighted by Gasteiger charge is 2.42. The molecule has 0 atom stereocenters. The van der Waals surface area contributed by atoms with Crippen LogP contribution in [0.15, 0.2) is 18.2 Å². The van der Waals surface area contributed by atoms with E-state index in [0.29, 0.717) is 29.3 Å². The van der Waals surface area contributed by atoms with E-state index in [9.17, 15) is 10.1 Å². The third-order valence-electron chi connectivity index (χ3n) is 4.37. The summed E-state index contributed by atoms with van der Waals surface area (Å²) in [5.74, 6) is 1.42. The summed E-state index contributed by atoms with van der Waals surface area (Å²) in [6.45, 7) is 2.80. The van der Waals surface area contributed by atoms with Gasteiger partial charge in [0, 0.05) is 12.6 Å². The maximum atomic E-state index is 11.5. The van der Waals surface area contributed by atoms with Crippen LogP contribution in [0.4, 0.5) is 17.1 Å². The van der Waals surface area contributed by atoms with Crippen molar-refractivity contribution in [2.45, 2.75) is 45.1 Å². The first-order valence-electron chi connectivity index (χ1n) is 7.98. The summed E-state index contributed by atoms with van der Waals surface area (Å²) in [4.78, 5) is 11.2. The number of nitro benzene ring substituents is 1. The summed E-state index contributed by atoms with van der Waals surface area (Å²) in [6, 6.07) is 5.95. The smallest absolute Gasteiger partial charge is 0.315 e. The molecule has 0 bridgehead atoms. The number of anilines is 2. The molecule has 2 aliphatic rings. The molecule has 0 heterocycles. The zero-order chi connectivity index (χ0) is 14.8. The van der Waals surface area contributed by atoms with Crippen LogP contribution < -0.4 is 10.6 Å². The Morgan fingerprint density at radius 1 is 1.24 bits per heavy atom. The van der Waals surface area contributed by atoms with Crippen LogP contribution in [0.3, 0.4) is 0 Å². The summed E-state index contributed by atoms with van der Waals surface area (Å²) in [6.07, 6.45) is 5.98. The SMILES string of the molecule is CCCNc1cccc(NC(C2CC2)C2CC2)c1[N+](=O)[O-]. The lowest BCUT2D eigenvalue weighted by atomic mass is 10.1. The summed E-state index contributed by atoms with van der Waals surface area (Å²) in [5.41, 5.74) is 1.49. The molecule has 0 radical (unpaired) electrons. The zero-order valence-corrected chi connectivity index (χ0v) is 12.5. The van der Waals surface area contributed by atoms with Crippen molar-refractivity contribution in [2.24, 2.45) is 11.8 Å². The second kappa shape index (κ2) is 5.92. The van der Waals surface area contributed by atoms with Gasteiger partial charge in [-0.3, -0.25) is 10.1 Å². The first-order chi connectivity index (χ1) is 10.2. The summed E-state index contributed by atoms with van der Waals surface area (Å²) >= 11 is 0. The highest BCUT2D eigenvalue weighted by atomic mass is 16.6. The zero-order valence-electron chi connectivity index (χ0n) is 12.5. The fourth-order valence-electron chi connectivity index (χ4n) is 2.97. The Hall–Kier alpha value is -1.78. The molecular formula is C16H23N3O2. The molecule has 0 saturated heterocycles. The van der Waals surface area contributed by atoms with E-state index >= 15 is 0 Å². The molecule has 2 saturated carbocycles. The van der Waals surface area contributed by atoms with Crippen LogP contribution >= 0.6 is 0 Å². The van der Waals surface area contributed by atoms with Gasteiger partial charge in [0.25, 0.3) is 0 Å². The van der Waals surface area contributed by atoms with E-state index in [2.05, 4.69) is 17.6 Å². The summed E-state index contributed by atoms with van der Waals surface area (Å²) < 4.78 is 0. The molecule has 0 aliphatic heterocycles. The molecule has 5 nitrogen and oxygen atoms in total. The van der Waals surface area contributed by atoms with Gasteiger partial charge in [-0.15, -0.1) is 0 Å². The first-order valence-corrected chi connectivity index (χ1v) is 7.98. The molecule has 114 valence electrons. The average molecular weight is 289 g/mol. The minimum atomic E-state index is -0.267. The van der Waals surface area contributed by atoms with Gasteiger partial charge < -0.3 is 10.6 Å². The van der Waals surface area contributed by atoms with Crippen LogP contribution in [0.2, 0.25) is 0 Å². The molecular weight excluding hydrogens is 266 g/mol. The Labute approximate surface area is 125 Å². The largest absolute Gasteiger partial charge is 0.379 e. The van der Waals surface area contributed by atoms with E-state index < -0.39 is 0 Å². The fourth-order valence-corrected chi connectivity index (χ4v) is 2.97. The van der Waals surface area contributed by atoms with E-state index in [1.54, 1.807) is 6.07 Å². The maximum Gasteiger partial charge on any atom is 0.315 e. The lowest BCUT2D eigenvalue weighted by molar-refractivity contribution is -0.383. The molecule has 5 heteroatoms. The normalized spacial score (nSPS) is 17.8. The van der Waals surface area contributed by atoms with Crippen LogP contribution in [0.25, 0.3) is 0 Å². The predicted octanol–water partition coefficient (Wildman–Crippen LogP) is 4.02. The third kappa shape index (κ3) is 3.28. The molecule has 2 aliphatic carbocycles. The molecule has 2 N–H and O–H groups in total. The highest BCUT2D eigenvalue weighted by Crippen LogP contribution is 2.47. The Morgan fingerprint density at radius 2 is 1.86 bits per heavy atom. The molecule has 0 aromatic heterocycles. The van der Waals surface area contributed by atoms with E-state index in [1.165, 1.54) is 25.7 Å². The van der Waals surface area contributed by atoms with Crippen LogP contribution in [-0.2, 0) is 0 Å². The monoisotopic (exact) mass is 289 g/mol. The average Bonchev–Trinajstić information content (AvgIpc) is 3.35. The Balaban J connectivity index is 1.83. The Kier molecular flexibility index (Phi) is 3.99. The quantitative estimate of drug-likeness (QED) is 0.560. The number of nitrogens with one attached hydrogen (secondary N) is 2. The molecule has 3 rings (SSSR count). The topological polar surface area (TPSA) is 67.2 Å². The second-order valence-electron chi connectivity index (χ2n) is 6.23. The molecule has 0 spiro atoms. The highest BCUT2D eigenvalue weighted by molar-refractivity contribution is 5.76. The van der Waals surface area contributed by atoms with Gasteiger partial charge >= 0.3 is 5.69 Å². The van der Waals surface area contributed by atoms with Crippen LogP contribution in [0.1, 0.15) is 39.0 Å². The minimum Gasteiger partial charge on any atom is -0.379 e. The van der Waals surface area contributed by atoms with Crippen molar-refractivity contribution in [3.05, 3.63) is 28.3 Å². The Bertz CT molecular complexity index is 512. The lowest BCUT2D eigenvalue weighted by Crippen LogP contribution is -2.24. The van der Waals surface area contributed by atoms with Crippen molar-refractivity contribution in [2.75, 3.05) is 17.2 Å². The fraction of sp³-hybridized carbons (Fsp3) is 0.625. The van der Waals surface area contributed by atoms with Gasteiger partial charge in [0.15, 0.2) is 0 Å². The van der Waals surface area contributed by atoms with E-state index in [1.807, 2.05) is 12.1 Å². The number of hydrogen-bond acceptors (Lipinski definition) is 4. The van der Waals surface area contributed by atoms with Gasteiger partial charge in [-0.2, -0.15) is 0 Å². The van der Waals surface area contributed by atoms with Crippen molar-refractivity contribution < 1.29 is 4.92 Å². The second-order valence-corrected chi connectivity index (χ2v) is 6.23. The minimum absolute atomic E-state index is 0.192. The van der Waals surface area contributed by atoms with Crippen molar-refractivity contribution in [3.8, 4) is 0 Å². The van der Waals surface area contributed by atoms with Gasteiger partial charge in [0.2, 0.25) is 0 Å². The number of para-hydroxylation sites is 1. The summed E-state index contributed by atoms with van der Waals surface area (Å²) in [7, 11) is 0. The lowest BCUT2D eigenvalue weighted by Gasteiger charge is -2.20. The molecule has 1 aromatic carbocycles. The van der Waals surface area contributed by atoms with Gasteiger partial charge in [0.05, 0.1) is 4.92 Å². The number of nitrogens with zero attached hydrogens (tertiary/aromatic N) is 1. The Morgan fingerprint density at radius 3 is 2.38 bits per heavy atom. The number of benzene rings is 1. The maximum absolute atomic E-state index is 11.5. The van der Waals surface area contributed by atoms with Gasteiger partial charge in [0.1, 0.15) is 11.4 Å². The molecule has 1 aromatic rings. The molecule has 0 unspecified atom stereocenters. The number of nitro groups is 1. The number of rotatable bonds is 8. The molecule has 21 heavy (non-hydrogen) atoms. The van der Waals surface area contributed by atoms with Crippen molar-refractivity contribution in [1.29, 1.82) is 0 Å².